The Hall–Kier alpha value is -2.38. The van der Waals surface area contributed by atoms with Crippen molar-refractivity contribution in [2.24, 2.45) is 5.73 Å². The van der Waals surface area contributed by atoms with Crippen molar-refractivity contribution in [2.45, 2.75) is 12.3 Å². The molecule has 8 heteroatoms. The minimum absolute atomic E-state index is 0.0512. The lowest BCUT2D eigenvalue weighted by Gasteiger charge is -2.14. The zero-order valence-electron chi connectivity index (χ0n) is 11.3. The van der Waals surface area contributed by atoms with Gasteiger partial charge in [0.25, 0.3) is 0 Å². The predicted octanol–water partition coefficient (Wildman–Crippen LogP) is 2.21. The molecule has 1 aromatic carbocycles. The number of hydrogen-bond acceptors (Lipinski definition) is 5. The number of benzene rings is 1. The Bertz CT molecular complexity index is 713. The van der Waals surface area contributed by atoms with E-state index in [1.165, 1.54) is 0 Å². The van der Waals surface area contributed by atoms with Crippen molar-refractivity contribution in [3.8, 4) is 11.5 Å². The first-order valence-electron chi connectivity index (χ1n) is 6.33. The van der Waals surface area contributed by atoms with Crippen LogP contribution in [0.15, 0.2) is 28.9 Å². The van der Waals surface area contributed by atoms with Gasteiger partial charge in [-0.15, -0.1) is 0 Å². The third-order valence-electron chi connectivity index (χ3n) is 3.12. The zero-order chi connectivity index (χ0) is 16.3. The summed E-state index contributed by atoms with van der Waals surface area (Å²) in [6.45, 7) is 0.152. The van der Waals surface area contributed by atoms with E-state index in [0.717, 1.165) is 6.26 Å². The van der Waals surface area contributed by atoms with E-state index < -0.39 is 11.9 Å². The van der Waals surface area contributed by atoms with Crippen LogP contribution in [0.1, 0.15) is 28.4 Å². The van der Waals surface area contributed by atoms with Crippen LogP contribution in [-0.2, 0) is 4.79 Å². The van der Waals surface area contributed by atoms with Gasteiger partial charge >= 0.3 is 11.9 Å². The summed E-state index contributed by atoms with van der Waals surface area (Å²) in [5.74, 6) is -2.51. The van der Waals surface area contributed by atoms with E-state index in [2.05, 4.69) is 4.98 Å². The number of carboxylic acid groups (broad SMARTS) is 2. The summed E-state index contributed by atoms with van der Waals surface area (Å²) in [6, 6.07) is 4.86. The number of rotatable bonds is 6. The lowest BCUT2D eigenvalue weighted by molar-refractivity contribution is -0.137. The van der Waals surface area contributed by atoms with E-state index in [1.54, 1.807) is 18.2 Å². The Balaban J connectivity index is 2.41. The molecular weight excluding hydrogens is 312 g/mol. The monoisotopic (exact) mass is 324 g/mol. The highest BCUT2D eigenvalue weighted by Gasteiger charge is 2.19. The molecule has 2 rings (SSSR count). The van der Waals surface area contributed by atoms with Gasteiger partial charge in [0, 0.05) is 5.92 Å². The predicted molar refractivity (Wildman–Crippen MR) is 78.0 cm³/mol. The maximum atomic E-state index is 10.9. The van der Waals surface area contributed by atoms with Crippen LogP contribution in [-0.4, -0.2) is 33.7 Å². The van der Waals surface area contributed by atoms with Crippen LogP contribution in [0.4, 0.5) is 0 Å². The van der Waals surface area contributed by atoms with E-state index in [1.807, 2.05) is 0 Å². The molecule has 7 nitrogen and oxygen atoms in total. The third kappa shape index (κ3) is 3.44. The van der Waals surface area contributed by atoms with Crippen LogP contribution in [0, 0.1) is 0 Å². The van der Waals surface area contributed by atoms with Crippen molar-refractivity contribution in [3.05, 3.63) is 40.7 Å². The summed E-state index contributed by atoms with van der Waals surface area (Å²) in [7, 11) is 0. The van der Waals surface area contributed by atoms with E-state index in [0.29, 0.717) is 16.1 Å². The molecule has 0 fully saturated rings. The van der Waals surface area contributed by atoms with Crippen molar-refractivity contribution >= 4 is 23.5 Å². The summed E-state index contributed by atoms with van der Waals surface area (Å²) in [5, 5.41) is 18.1. The Kier molecular flexibility index (Phi) is 4.79. The van der Waals surface area contributed by atoms with Gasteiger partial charge in [-0.3, -0.25) is 4.79 Å². The average molecular weight is 325 g/mol. The molecule has 1 aromatic heterocycles. The molecule has 0 aliphatic heterocycles. The Morgan fingerprint density at radius 1 is 1.36 bits per heavy atom. The van der Waals surface area contributed by atoms with E-state index >= 15 is 0 Å². The molecule has 0 bridgehead atoms. The fraction of sp³-hybridized carbons (Fsp3) is 0.214. The van der Waals surface area contributed by atoms with E-state index in [4.69, 9.17) is 32.0 Å². The van der Waals surface area contributed by atoms with Gasteiger partial charge in [0.15, 0.2) is 5.69 Å². The summed E-state index contributed by atoms with van der Waals surface area (Å²) in [4.78, 5) is 25.5. The molecule has 1 heterocycles. The second-order valence-electron chi connectivity index (χ2n) is 4.61. The number of nitrogens with two attached hydrogens (primary N) is 1. The minimum atomic E-state index is -1.21. The fourth-order valence-electron chi connectivity index (χ4n) is 2.00. The molecule has 22 heavy (non-hydrogen) atoms. The van der Waals surface area contributed by atoms with Crippen molar-refractivity contribution in [1.29, 1.82) is 0 Å². The molecule has 0 radical (unpaired) electrons. The van der Waals surface area contributed by atoms with Gasteiger partial charge in [-0.1, -0.05) is 17.7 Å². The zero-order valence-corrected chi connectivity index (χ0v) is 12.1. The standard InChI is InChI=1S/C14H13ClN2O5/c15-10-2-1-7(8(5-16)4-12(18)19)3-9(10)13-17-11(6-22-13)14(20)21/h1-3,6,8H,4-5,16H2,(H,18,19)(H,20,21). The topological polar surface area (TPSA) is 127 Å². The normalized spacial score (nSPS) is 12.1. The number of carboxylic acids is 2. The Labute approximate surface area is 130 Å². The highest BCUT2D eigenvalue weighted by atomic mass is 35.5. The summed E-state index contributed by atoms with van der Waals surface area (Å²) in [5.41, 5.74) is 6.42. The van der Waals surface area contributed by atoms with E-state index in [9.17, 15) is 9.59 Å². The lowest BCUT2D eigenvalue weighted by Crippen LogP contribution is -2.16. The molecule has 0 saturated carbocycles. The molecule has 4 N–H and O–H groups in total. The smallest absolute Gasteiger partial charge is 0.357 e. The quantitative estimate of drug-likeness (QED) is 0.743. The molecular formula is C14H13ClN2O5. The number of hydrogen-bond donors (Lipinski definition) is 3. The number of halogens is 1. The molecule has 1 atom stereocenters. The van der Waals surface area contributed by atoms with Gasteiger partial charge in [0.05, 0.1) is 17.0 Å². The minimum Gasteiger partial charge on any atom is -0.481 e. The molecule has 0 aliphatic rings. The Morgan fingerprint density at radius 3 is 2.64 bits per heavy atom. The molecule has 116 valence electrons. The number of aromatic carboxylic acids is 1. The number of aliphatic carboxylic acids is 1. The van der Waals surface area contributed by atoms with Gasteiger partial charge in [0.2, 0.25) is 5.89 Å². The van der Waals surface area contributed by atoms with Crippen LogP contribution in [0.3, 0.4) is 0 Å². The number of aromatic nitrogens is 1. The van der Waals surface area contributed by atoms with Crippen LogP contribution in [0.2, 0.25) is 5.02 Å². The summed E-state index contributed by atoms with van der Waals surface area (Å²) >= 11 is 6.08. The number of oxazole rings is 1. The molecule has 0 spiro atoms. The van der Waals surface area contributed by atoms with Gasteiger partial charge in [-0.05, 0) is 24.2 Å². The summed E-state index contributed by atoms with van der Waals surface area (Å²) < 4.78 is 5.12. The maximum Gasteiger partial charge on any atom is 0.357 e. The van der Waals surface area contributed by atoms with E-state index in [-0.39, 0.29) is 30.5 Å². The van der Waals surface area contributed by atoms with Crippen molar-refractivity contribution in [3.63, 3.8) is 0 Å². The molecule has 0 saturated heterocycles. The van der Waals surface area contributed by atoms with Gasteiger partial charge in [-0.2, -0.15) is 0 Å². The third-order valence-corrected chi connectivity index (χ3v) is 3.45. The molecule has 0 amide bonds. The number of carbonyl (C=O) groups is 2. The van der Waals surface area contributed by atoms with Crippen molar-refractivity contribution in [1.82, 2.24) is 4.98 Å². The second-order valence-corrected chi connectivity index (χ2v) is 5.02. The van der Waals surface area contributed by atoms with Crippen LogP contribution < -0.4 is 5.73 Å². The Morgan fingerprint density at radius 2 is 2.09 bits per heavy atom. The first-order valence-corrected chi connectivity index (χ1v) is 6.70. The highest BCUT2D eigenvalue weighted by Crippen LogP contribution is 2.31. The average Bonchev–Trinajstić information content (AvgIpc) is 2.95. The van der Waals surface area contributed by atoms with Gasteiger partial charge < -0.3 is 20.4 Å². The van der Waals surface area contributed by atoms with Crippen molar-refractivity contribution in [2.75, 3.05) is 6.54 Å². The first-order chi connectivity index (χ1) is 10.4. The van der Waals surface area contributed by atoms with Crippen LogP contribution >= 0.6 is 11.6 Å². The molecule has 1 unspecified atom stereocenters. The molecule has 2 aromatic rings. The first kappa shape index (κ1) is 16.0. The van der Waals surface area contributed by atoms with Crippen molar-refractivity contribution < 1.29 is 24.2 Å². The van der Waals surface area contributed by atoms with Gasteiger partial charge in [-0.25, -0.2) is 9.78 Å². The SMILES string of the molecule is NCC(CC(=O)O)c1ccc(Cl)c(-c2nc(C(=O)O)co2)c1. The largest absolute Gasteiger partial charge is 0.481 e. The lowest BCUT2D eigenvalue weighted by atomic mass is 9.94. The van der Waals surface area contributed by atoms with Crippen LogP contribution in [0.25, 0.3) is 11.5 Å². The van der Waals surface area contributed by atoms with Crippen LogP contribution in [0.5, 0.6) is 0 Å². The second kappa shape index (κ2) is 6.59. The van der Waals surface area contributed by atoms with Gasteiger partial charge in [0.1, 0.15) is 6.26 Å². The fourth-order valence-corrected chi connectivity index (χ4v) is 2.20. The summed E-state index contributed by atoms with van der Waals surface area (Å²) in [6.07, 6.45) is 0.891. The number of nitrogens with zero attached hydrogens (tertiary/aromatic N) is 1. The molecule has 0 aliphatic carbocycles. The maximum absolute atomic E-state index is 10.9. The highest BCUT2D eigenvalue weighted by molar-refractivity contribution is 6.33.